The highest BCUT2D eigenvalue weighted by molar-refractivity contribution is 6.19. The fourth-order valence-corrected chi connectivity index (χ4v) is 7.89. The number of fused-ring (bicyclic) bond motifs is 8. The van der Waals surface area contributed by atoms with Gasteiger partial charge in [-0.3, -0.25) is 14.4 Å². The lowest BCUT2D eigenvalue weighted by molar-refractivity contribution is -0.150. The number of allylic oxidation sites excluding steroid dienone is 15. The molecule has 6 rings (SSSR count). The molecule has 0 amide bonds. The van der Waals surface area contributed by atoms with Gasteiger partial charge in [0.15, 0.2) is 0 Å². The highest BCUT2D eigenvalue weighted by Crippen LogP contribution is 2.55. The molecule has 8 bridgehead atoms. The number of nitrogens with zero attached hydrogens (tertiary/aromatic N) is 3. The molecule has 0 unspecified atom stereocenters. The highest BCUT2D eigenvalue weighted by Gasteiger charge is 2.55. The van der Waals surface area contributed by atoms with Crippen LogP contribution in [0.2, 0.25) is 0 Å². The van der Waals surface area contributed by atoms with Crippen molar-refractivity contribution in [2.45, 2.75) is 60.3 Å². The van der Waals surface area contributed by atoms with Crippen LogP contribution in [0.25, 0.3) is 0 Å². The number of aliphatic hydroxyl groups excluding tert-OH is 1. The summed E-state index contributed by atoms with van der Waals surface area (Å²) in [4.78, 5) is 66.7. The number of carbonyl (C=O) groups excluding carboxylic acids is 4. The van der Waals surface area contributed by atoms with E-state index >= 15 is 0 Å². The Morgan fingerprint density at radius 2 is 1.38 bits per heavy atom. The first-order valence-electron chi connectivity index (χ1n) is 17.8. The lowest BCUT2D eigenvalue weighted by Gasteiger charge is -2.36. The highest BCUT2D eigenvalue weighted by atomic mass is 16.5. The van der Waals surface area contributed by atoms with Crippen LogP contribution in [0.15, 0.2) is 130 Å². The van der Waals surface area contributed by atoms with E-state index in [1.165, 1.54) is 28.4 Å². The normalized spacial score (nSPS) is 23.6. The average molecular weight is 749 g/mol. The van der Waals surface area contributed by atoms with Crippen LogP contribution in [0.4, 0.5) is 0 Å². The molecule has 0 aromatic rings. The number of esters is 4. The zero-order valence-corrected chi connectivity index (χ0v) is 32.4. The third-order valence-electron chi connectivity index (χ3n) is 11.0. The first-order valence-corrected chi connectivity index (χ1v) is 17.8. The molecule has 13 heteroatoms. The van der Waals surface area contributed by atoms with Crippen molar-refractivity contribution < 1.29 is 43.2 Å². The second-order valence-electron chi connectivity index (χ2n) is 14.0. The molecular weight excluding hydrogens is 704 g/mol. The Kier molecular flexibility index (Phi) is 10.5. The summed E-state index contributed by atoms with van der Waals surface area (Å²) in [5, 5.41) is 14.5. The van der Waals surface area contributed by atoms with Gasteiger partial charge in [-0.05, 0) is 105 Å². The second-order valence-corrected chi connectivity index (χ2v) is 14.0. The third-order valence-corrected chi connectivity index (χ3v) is 11.0. The Balaban J connectivity index is 1.66. The van der Waals surface area contributed by atoms with Gasteiger partial charge < -0.3 is 29.4 Å². The molecule has 286 valence electrons. The fraction of sp³-hybridized carbons (Fsp3) is 0.357. The summed E-state index contributed by atoms with van der Waals surface area (Å²) >= 11 is 0. The zero-order chi connectivity index (χ0) is 39.9. The maximum atomic E-state index is 13.7. The van der Waals surface area contributed by atoms with Crippen LogP contribution in [-0.2, 0) is 38.1 Å². The van der Waals surface area contributed by atoms with E-state index in [0.29, 0.717) is 75.2 Å². The lowest BCUT2D eigenvalue weighted by Crippen LogP contribution is -2.41. The predicted octanol–water partition coefficient (Wildman–Crippen LogP) is 5.98. The monoisotopic (exact) mass is 748 g/mol. The number of aliphatic hydroxyl groups is 1. The van der Waals surface area contributed by atoms with E-state index in [2.05, 4.69) is 5.32 Å². The van der Waals surface area contributed by atoms with Gasteiger partial charge in [-0.25, -0.2) is 19.8 Å². The van der Waals surface area contributed by atoms with Crippen molar-refractivity contribution in [1.29, 1.82) is 0 Å². The Bertz CT molecular complexity index is 2260. The Labute approximate surface area is 319 Å². The largest absolute Gasteiger partial charge is 0.512 e. The first kappa shape index (κ1) is 38.6. The quantitative estimate of drug-likeness (QED) is 0.171. The summed E-state index contributed by atoms with van der Waals surface area (Å²) in [6.07, 6.45) is 11.6. The number of rotatable bonds is 8. The van der Waals surface area contributed by atoms with Gasteiger partial charge in [-0.1, -0.05) is 12.2 Å². The Morgan fingerprint density at radius 3 is 2.00 bits per heavy atom. The van der Waals surface area contributed by atoms with Gasteiger partial charge >= 0.3 is 23.9 Å². The van der Waals surface area contributed by atoms with Crippen LogP contribution in [0, 0.1) is 11.3 Å². The summed E-state index contributed by atoms with van der Waals surface area (Å²) in [6.45, 7) is 9.16. The minimum atomic E-state index is -1.18. The summed E-state index contributed by atoms with van der Waals surface area (Å²) in [5.41, 5.74) is 8.62. The Morgan fingerprint density at radius 1 is 0.745 bits per heavy atom. The Hall–Kier alpha value is -6.11. The van der Waals surface area contributed by atoms with Crippen LogP contribution in [0.1, 0.15) is 60.3 Å². The summed E-state index contributed by atoms with van der Waals surface area (Å²) < 4.78 is 20.3. The van der Waals surface area contributed by atoms with E-state index in [0.717, 1.165) is 22.3 Å². The van der Waals surface area contributed by atoms with Gasteiger partial charge in [0, 0.05) is 29.8 Å². The van der Waals surface area contributed by atoms with E-state index in [4.69, 9.17) is 33.9 Å². The van der Waals surface area contributed by atoms with Crippen LogP contribution in [0.5, 0.6) is 0 Å². The maximum absolute atomic E-state index is 13.7. The molecule has 1 fully saturated rings. The molecule has 0 spiro atoms. The fourth-order valence-electron chi connectivity index (χ4n) is 7.89. The molecule has 0 aromatic heterocycles. The topological polar surface area (TPSA) is 175 Å². The van der Waals surface area contributed by atoms with Crippen molar-refractivity contribution in [3.05, 3.63) is 115 Å². The second kappa shape index (κ2) is 15.0. The van der Waals surface area contributed by atoms with Crippen molar-refractivity contribution in [2.75, 3.05) is 28.4 Å². The lowest BCUT2D eigenvalue weighted by atomic mass is 9.64. The molecule has 0 aromatic carbocycles. The molecule has 0 saturated carbocycles. The molecular formula is C42H44N4O9. The SMILES string of the molecule is COC(=O)CCC1=C(C)C2=NC1=CC1=NC(=CC3=NC(=C(C)/C3=C(/C)O)C=C3NC(=C2)[C@@]2(C)C3=CC=C(C(=O)OC)[C@H]2C(=O)OC)C(C)=C1CCC(=O)OC. The van der Waals surface area contributed by atoms with Crippen molar-refractivity contribution in [2.24, 2.45) is 26.3 Å². The minimum absolute atomic E-state index is 0.0674. The van der Waals surface area contributed by atoms with Crippen LogP contribution >= 0.6 is 0 Å². The number of carbonyl (C=O) groups is 4. The minimum Gasteiger partial charge on any atom is -0.512 e. The van der Waals surface area contributed by atoms with E-state index in [9.17, 15) is 24.3 Å². The summed E-state index contributed by atoms with van der Waals surface area (Å²) in [7, 11) is 5.22. The van der Waals surface area contributed by atoms with E-state index in [1.807, 2.05) is 52.0 Å². The average Bonchev–Trinajstić information content (AvgIpc) is 3.82. The van der Waals surface area contributed by atoms with Gasteiger partial charge in [0.25, 0.3) is 0 Å². The van der Waals surface area contributed by atoms with E-state index in [-0.39, 0.29) is 36.1 Å². The smallest absolute Gasteiger partial charge is 0.334 e. The standard InChI is InChI=1S/C42H44N4O9/c1-20-24(11-14-36(48)52-6)31-18-32-25(12-15-37(49)53-7)21(2)30(44-32)19-35-42(5)27(13-10-26(40(50)54-8)39(42)41(51)55-9)33(46-35)16-29-22(3)38(23(4)47)34(45-29)17-28(20)43-31/h10,13,16-19,39,46-47H,11-12,14-15H2,1-9H3/b28-17?,32-18?,33-16?,35-19?,38-23+/t39-,42+/m0/s1. The van der Waals surface area contributed by atoms with Crippen molar-refractivity contribution >= 4 is 41.0 Å². The number of hydrogen-bond acceptors (Lipinski definition) is 13. The molecule has 5 heterocycles. The number of methoxy groups -OCH3 is 4. The third kappa shape index (κ3) is 6.68. The molecule has 6 aliphatic rings. The first-order chi connectivity index (χ1) is 26.2. The van der Waals surface area contributed by atoms with Gasteiger partial charge in [-0.2, -0.15) is 0 Å². The predicted molar refractivity (Wildman–Crippen MR) is 205 cm³/mol. The maximum Gasteiger partial charge on any atom is 0.334 e. The van der Waals surface area contributed by atoms with Crippen LogP contribution < -0.4 is 5.32 Å². The molecule has 2 atom stereocenters. The van der Waals surface area contributed by atoms with Gasteiger partial charge in [-0.15, -0.1) is 0 Å². The van der Waals surface area contributed by atoms with Crippen molar-refractivity contribution in [1.82, 2.24) is 5.32 Å². The van der Waals surface area contributed by atoms with Crippen molar-refractivity contribution in [3.8, 4) is 0 Å². The molecule has 5 aliphatic heterocycles. The van der Waals surface area contributed by atoms with Crippen molar-refractivity contribution in [3.63, 3.8) is 0 Å². The zero-order valence-electron chi connectivity index (χ0n) is 32.4. The molecule has 55 heavy (non-hydrogen) atoms. The van der Waals surface area contributed by atoms with Crippen LogP contribution in [-0.4, -0.2) is 74.6 Å². The van der Waals surface area contributed by atoms with E-state index in [1.54, 1.807) is 19.1 Å². The molecule has 2 N–H and O–H groups in total. The van der Waals surface area contributed by atoms with E-state index < -0.39 is 23.3 Å². The van der Waals surface area contributed by atoms with Gasteiger partial charge in [0.05, 0.1) is 79.4 Å². The molecule has 13 nitrogen and oxygen atoms in total. The van der Waals surface area contributed by atoms with Crippen LogP contribution in [0.3, 0.4) is 0 Å². The summed E-state index contributed by atoms with van der Waals surface area (Å²) in [6, 6.07) is 0. The molecule has 0 radical (unpaired) electrons. The number of aliphatic imine (C=N–C) groups is 3. The number of nitrogens with one attached hydrogen (secondary N) is 1. The van der Waals surface area contributed by atoms with Gasteiger partial charge in [0.2, 0.25) is 0 Å². The number of ether oxygens (including phenoxy) is 4. The van der Waals surface area contributed by atoms with Gasteiger partial charge in [0.1, 0.15) is 5.92 Å². The molecule has 1 aliphatic carbocycles. The summed E-state index contributed by atoms with van der Waals surface area (Å²) in [5.74, 6) is -3.09. The molecule has 1 saturated heterocycles. The number of hydrogen-bond donors (Lipinski definition) is 2.